The van der Waals surface area contributed by atoms with Gasteiger partial charge in [-0.25, -0.2) is 8.78 Å². The van der Waals surface area contributed by atoms with Gasteiger partial charge in [-0.2, -0.15) is 0 Å². The van der Waals surface area contributed by atoms with E-state index in [1.165, 1.54) is 40.9 Å². The summed E-state index contributed by atoms with van der Waals surface area (Å²) in [6.45, 7) is 2.52. The molecular weight excluding hydrogens is 370 g/mol. The zero-order valence-electron chi connectivity index (χ0n) is 15.1. The third-order valence-electron chi connectivity index (χ3n) is 3.87. The average molecular weight is 392 g/mol. The summed E-state index contributed by atoms with van der Waals surface area (Å²) in [6, 6.07) is 12.0. The van der Waals surface area contributed by atoms with Crippen molar-refractivity contribution in [2.24, 2.45) is 0 Å². The average Bonchev–Trinajstić information content (AvgIpc) is 2.67. The van der Waals surface area contributed by atoms with E-state index in [2.05, 4.69) is 5.32 Å². The smallest absolute Gasteiger partial charge is 0.239 e. The van der Waals surface area contributed by atoms with Gasteiger partial charge in [0.2, 0.25) is 11.8 Å². The van der Waals surface area contributed by atoms with Crippen molar-refractivity contribution in [3.63, 3.8) is 0 Å². The van der Waals surface area contributed by atoms with E-state index in [0.29, 0.717) is 18.7 Å². The van der Waals surface area contributed by atoms with Crippen LogP contribution in [-0.2, 0) is 16.1 Å². The molecule has 0 unspecified atom stereocenters. The number of benzene rings is 2. The van der Waals surface area contributed by atoms with Crippen LogP contribution in [0.2, 0.25) is 0 Å². The van der Waals surface area contributed by atoms with Gasteiger partial charge in [0, 0.05) is 30.2 Å². The summed E-state index contributed by atoms with van der Waals surface area (Å²) in [5.74, 6) is -0.437. The van der Waals surface area contributed by atoms with Crippen molar-refractivity contribution < 1.29 is 18.4 Å². The number of likely N-dealkylation sites (N-methyl/N-ethyl adjacent to an activating group) is 1. The highest BCUT2D eigenvalue weighted by molar-refractivity contribution is 7.99. The predicted molar refractivity (Wildman–Crippen MR) is 102 cm³/mol. The van der Waals surface area contributed by atoms with Gasteiger partial charge in [-0.05, 0) is 48.9 Å². The lowest BCUT2D eigenvalue weighted by Crippen LogP contribution is -2.40. The second-order valence-electron chi connectivity index (χ2n) is 5.86. The normalized spacial score (nSPS) is 10.5. The third-order valence-corrected chi connectivity index (χ3v) is 4.88. The molecule has 0 saturated carbocycles. The van der Waals surface area contributed by atoms with Crippen molar-refractivity contribution >= 4 is 23.6 Å². The number of nitrogens with one attached hydrogen (secondary N) is 1. The van der Waals surface area contributed by atoms with E-state index in [-0.39, 0.29) is 36.5 Å². The molecule has 2 rings (SSSR count). The molecule has 0 aromatic heterocycles. The van der Waals surface area contributed by atoms with E-state index in [1.807, 2.05) is 6.92 Å². The summed E-state index contributed by atoms with van der Waals surface area (Å²) in [7, 11) is 0. The summed E-state index contributed by atoms with van der Waals surface area (Å²) in [5.41, 5.74) is 0.787. The summed E-state index contributed by atoms with van der Waals surface area (Å²) in [4.78, 5) is 26.7. The molecule has 2 aromatic rings. The van der Waals surface area contributed by atoms with E-state index in [0.717, 1.165) is 10.5 Å². The van der Waals surface area contributed by atoms with Crippen LogP contribution < -0.4 is 5.32 Å². The van der Waals surface area contributed by atoms with Gasteiger partial charge in [-0.1, -0.05) is 12.1 Å². The Bertz CT molecular complexity index is 752. The largest absolute Gasteiger partial charge is 0.350 e. The minimum absolute atomic E-state index is 0.0161. The first kappa shape index (κ1) is 20.9. The molecule has 0 aliphatic carbocycles. The number of amides is 2. The molecule has 0 aliphatic rings. The molecule has 1 N–H and O–H groups in total. The van der Waals surface area contributed by atoms with E-state index >= 15 is 0 Å². The Balaban J connectivity index is 1.73. The molecule has 0 fully saturated rings. The zero-order chi connectivity index (χ0) is 19.6. The standard InChI is InChI=1S/C20H22F2N2O2S/c1-2-24(14-19(25)23-13-15-3-5-16(21)6-4-15)20(26)11-12-27-18-9-7-17(22)8-10-18/h3-10H,2,11-14H2,1H3,(H,23,25). The molecule has 7 heteroatoms. The lowest BCUT2D eigenvalue weighted by Gasteiger charge is -2.20. The van der Waals surface area contributed by atoms with Crippen LogP contribution in [0.4, 0.5) is 8.78 Å². The number of carbonyl (C=O) groups excluding carboxylic acids is 2. The number of carbonyl (C=O) groups is 2. The highest BCUT2D eigenvalue weighted by Gasteiger charge is 2.15. The van der Waals surface area contributed by atoms with Crippen molar-refractivity contribution in [1.29, 1.82) is 0 Å². The van der Waals surface area contributed by atoms with Crippen LogP contribution in [0.3, 0.4) is 0 Å². The number of rotatable bonds is 9. The molecule has 0 radical (unpaired) electrons. The van der Waals surface area contributed by atoms with E-state index in [9.17, 15) is 18.4 Å². The molecule has 0 spiro atoms. The van der Waals surface area contributed by atoms with Crippen LogP contribution in [0.5, 0.6) is 0 Å². The van der Waals surface area contributed by atoms with E-state index in [1.54, 1.807) is 24.3 Å². The molecule has 0 bridgehead atoms. The minimum Gasteiger partial charge on any atom is -0.350 e. The first-order valence-corrected chi connectivity index (χ1v) is 9.63. The number of nitrogens with zero attached hydrogens (tertiary/aromatic N) is 1. The summed E-state index contributed by atoms with van der Waals surface area (Å²) in [5, 5.41) is 2.73. The molecule has 2 amide bonds. The van der Waals surface area contributed by atoms with Gasteiger partial charge in [-0.3, -0.25) is 9.59 Å². The van der Waals surface area contributed by atoms with Gasteiger partial charge in [0.15, 0.2) is 0 Å². The van der Waals surface area contributed by atoms with Gasteiger partial charge in [-0.15, -0.1) is 11.8 Å². The van der Waals surface area contributed by atoms with Crippen molar-refractivity contribution in [3.8, 4) is 0 Å². The van der Waals surface area contributed by atoms with E-state index in [4.69, 9.17) is 0 Å². The van der Waals surface area contributed by atoms with Crippen molar-refractivity contribution in [2.45, 2.75) is 24.8 Å². The van der Waals surface area contributed by atoms with Gasteiger partial charge >= 0.3 is 0 Å². The molecule has 4 nitrogen and oxygen atoms in total. The second kappa shape index (κ2) is 10.7. The second-order valence-corrected chi connectivity index (χ2v) is 7.03. The maximum atomic E-state index is 12.9. The van der Waals surface area contributed by atoms with Crippen molar-refractivity contribution in [1.82, 2.24) is 10.2 Å². The SMILES string of the molecule is CCN(CC(=O)NCc1ccc(F)cc1)C(=O)CCSc1ccc(F)cc1. The molecule has 0 heterocycles. The quantitative estimate of drug-likeness (QED) is 0.663. The Morgan fingerprint density at radius 1 is 1.00 bits per heavy atom. The number of halogens is 2. The summed E-state index contributed by atoms with van der Waals surface area (Å²) >= 11 is 1.47. The van der Waals surface area contributed by atoms with Gasteiger partial charge in [0.25, 0.3) is 0 Å². The lowest BCUT2D eigenvalue weighted by molar-refractivity contribution is -0.135. The highest BCUT2D eigenvalue weighted by Crippen LogP contribution is 2.19. The Hall–Kier alpha value is -2.41. The highest BCUT2D eigenvalue weighted by atomic mass is 32.2. The first-order valence-electron chi connectivity index (χ1n) is 8.65. The maximum absolute atomic E-state index is 12.9. The molecule has 2 aromatic carbocycles. The van der Waals surface area contributed by atoms with Crippen LogP contribution in [0.1, 0.15) is 18.9 Å². The van der Waals surface area contributed by atoms with E-state index < -0.39 is 0 Å². The fourth-order valence-corrected chi connectivity index (χ4v) is 3.19. The van der Waals surface area contributed by atoms with Crippen LogP contribution in [0.15, 0.2) is 53.4 Å². The molecule has 144 valence electrons. The molecule has 0 atom stereocenters. The Morgan fingerprint density at radius 2 is 1.59 bits per heavy atom. The first-order chi connectivity index (χ1) is 13.0. The van der Waals surface area contributed by atoms with Gasteiger partial charge in [0.1, 0.15) is 11.6 Å². The monoisotopic (exact) mass is 392 g/mol. The fraction of sp³-hybridized carbons (Fsp3) is 0.300. The van der Waals surface area contributed by atoms with Crippen LogP contribution >= 0.6 is 11.8 Å². The molecule has 0 saturated heterocycles. The Kier molecular flexibility index (Phi) is 8.26. The molecule has 27 heavy (non-hydrogen) atoms. The molecular formula is C20H22F2N2O2S. The topological polar surface area (TPSA) is 49.4 Å². The number of hydrogen-bond donors (Lipinski definition) is 1. The zero-order valence-corrected chi connectivity index (χ0v) is 15.9. The Morgan fingerprint density at radius 3 is 2.19 bits per heavy atom. The lowest BCUT2D eigenvalue weighted by atomic mass is 10.2. The van der Waals surface area contributed by atoms with Gasteiger partial charge in [0.05, 0.1) is 6.54 Å². The predicted octanol–water partition coefficient (Wildman–Crippen LogP) is 3.61. The summed E-state index contributed by atoms with van der Waals surface area (Å²) < 4.78 is 25.7. The van der Waals surface area contributed by atoms with Crippen LogP contribution in [-0.4, -0.2) is 35.6 Å². The summed E-state index contributed by atoms with van der Waals surface area (Å²) in [6.07, 6.45) is 0.293. The van der Waals surface area contributed by atoms with Gasteiger partial charge < -0.3 is 10.2 Å². The number of thioether (sulfide) groups is 1. The Labute approximate surface area is 161 Å². The van der Waals surface area contributed by atoms with Crippen molar-refractivity contribution in [3.05, 3.63) is 65.7 Å². The van der Waals surface area contributed by atoms with Crippen molar-refractivity contribution in [2.75, 3.05) is 18.8 Å². The number of hydrogen-bond acceptors (Lipinski definition) is 3. The van der Waals surface area contributed by atoms with Crippen LogP contribution in [0, 0.1) is 11.6 Å². The maximum Gasteiger partial charge on any atom is 0.239 e. The third kappa shape index (κ3) is 7.38. The molecule has 0 aliphatic heterocycles. The minimum atomic E-state index is -0.327. The fourth-order valence-electron chi connectivity index (χ4n) is 2.35. The van der Waals surface area contributed by atoms with Crippen LogP contribution in [0.25, 0.3) is 0 Å².